The summed E-state index contributed by atoms with van der Waals surface area (Å²) in [4.78, 5) is 20.9. The molecule has 4 aromatic rings. The van der Waals surface area contributed by atoms with E-state index in [4.69, 9.17) is 9.72 Å². The number of halogens is 3. The molecule has 2 N–H and O–H groups in total. The molecule has 5 aliphatic rings. The summed E-state index contributed by atoms with van der Waals surface area (Å²) in [5, 5.41) is 14.9. The van der Waals surface area contributed by atoms with E-state index in [-0.39, 0.29) is 40.5 Å². The lowest BCUT2D eigenvalue weighted by Gasteiger charge is -2.41. The maximum absolute atomic E-state index is 16.8. The Hall–Kier alpha value is -3.74. The van der Waals surface area contributed by atoms with Crippen LogP contribution in [0.1, 0.15) is 32.1 Å². The highest BCUT2D eigenvalue weighted by Crippen LogP contribution is 2.42. The Kier molecular flexibility index (Phi) is 6.59. The molecule has 9 nitrogen and oxygen atoms in total. The number of phenolic OH excluding ortho intramolecular Hbond substituents is 1. The summed E-state index contributed by atoms with van der Waals surface area (Å²) >= 11 is 0. The first kappa shape index (κ1) is 28.5. The van der Waals surface area contributed by atoms with Crippen LogP contribution in [0.25, 0.3) is 32.9 Å². The zero-order chi connectivity index (χ0) is 31.2. The number of nitrogens with one attached hydrogen (secondary N) is 1. The van der Waals surface area contributed by atoms with E-state index in [0.717, 1.165) is 58.4 Å². The molecule has 0 spiro atoms. The van der Waals surface area contributed by atoms with Gasteiger partial charge in [-0.3, -0.25) is 14.8 Å². The van der Waals surface area contributed by atoms with Crippen molar-refractivity contribution in [1.29, 1.82) is 0 Å². The predicted octanol–water partition coefficient (Wildman–Crippen LogP) is 4.41. The minimum absolute atomic E-state index is 0.0188. The van der Waals surface area contributed by atoms with Crippen LogP contribution in [0.15, 0.2) is 36.5 Å². The van der Waals surface area contributed by atoms with Gasteiger partial charge in [0.1, 0.15) is 41.4 Å². The van der Waals surface area contributed by atoms with E-state index >= 15 is 8.78 Å². The quantitative estimate of drug-likeness (QED) is 0.288. The Balaban J connectivity index is 1.14. The zero-order valence-corrected chi connectivity index (χ0v) is 25.4. The van der Waals surface area contributed by atoms with Crippen molar-refractivity contribution < 1.29 is 23.0 Å². The van der Waals surface area contributed by atoms with Crippen molar-refractivity contribution >= 4 is 27.5 Å². The lowest BCUT2D eigenvalue weighted by molar-refractivity contribution is 0.107. The van der Waals surface area contributed by atoms with Crippen LogP contribution < -0.4 is 15.0 Å². The van der Waals surface area contributed by atoms with Gasteiger partial charge in [0, 0.05) is 74.4 Å². The average Bonchev–Trinajstić information content (AvgIpc) is 3.63. The van der Waals surface area contributed by atoms with Gasteiger partial charge in [0.15, 0.2) is 5.82 Å². The first-order chi connectivity index (χ1) is 22.3. The number of piperazine rings is 1. The van der Waals surface area contributed by atoms with Gasteiger partial charge in [-0.1, -0.05) is 12.1 Å². The largest absolute Gasteiger partial charge is 0.508 e. The van der Waals surface area contributed by atoms with Crippen molar-refractivity contribution in [3.63, 3.8) is 0 Å². The number of aromatic nitrogens is 3. The molecule has 46 heavy (non-hydrogen) atoms. The molecule has 7 heterocycles. The van der Waals surface area contributed by atoms with E-state index in [1.807, 2.05) is 0 Å². The Morgan fingerprint density at radius 2 is 1.91 bits per heavy atom. The van der Waals surface area contributed by atoms with E-state index in [2.05, 4.69) is 30.0 Å². The van der Waals surface area contributed by atoms with Gasteiger partial charge in [0.2, 0.25) is 0 Å². The van der Waals surface area contributed by atoms with E-state index in [1.54, 1.807) is 18.3 Å². The molecule has 0 saturated carbocycles. The molecule has 2 aromatic heterocycles. The summed E-state index contributed by atoms with van der Waals surface area (Å²) in [6, 6.07) is 8.59. The number of phenols is 1. The molecule has 2 aromatic carbocycles. The summed E-state index contributed by atoms with van der Waals surface area (Å²) in [5.74, 6) is -0.854. The van der Waals surface area contributed by atoms with Crippen molar-refractivity contribution in [3.05, 3.63) is 48.2 Å². The Morgan fingerprint density at radius 3 is 2.72 bits per heavy atom. The number of ether oxygens (including phenoxy) is 1. The number of benzene rings is 2. The van der Waals surface area contributed by atoms with E-state index in [9.17, 15) is 9.50 Å². The molecule has 0 aliphatic carbocycles. The summed E-state index contributed by atoms with van der Waals surface area (Å²) in [5.41, 5.74) is -0.381. The fourth-order valence-electron chi connectivity index (χ4n) is 8.64. The highest BCUT2D eigenvalue weighted by atomic mass is 19.1. The third-order valence-corrected chi connectivity index (χ3v) is 10.9. The molecule has 0 radical (unpaired) electrons. The smallest absolute Gasteiger partial charge is 0.319 e. The van der Waals surface area contributed by atoms with Crippen LogP contribution in [0.3, 0.4) is 0 Å². The standard InChI is InChI=1S/C34H36F3N7O2/c35-20-11-34(7-2-8-43(34)14-20)18-46-33-40-31-26(32(41-33)42-16-22-5-6-23(17-42)44(22)15-21-12-38-21)13-39-30(29(31)37)25-10-24(45)9-19-3-1-4-27(36)28(19)25/h1,3-4,9-10,13,20-23,38,45H,2,5-8,11-12,14-18H2/t20-,21?,22?,23?,34+/m1/s1. The van der Waals surface area contributed by atoms with Crippen LogP contribution in [0.2, 0.25) is 0 Å². The van der Waals surface area contributed by atoms with Crippen LogP contribution in [0.5, 0.6) is 11.8 Å². The fraction of sp³-hybridized carbons (Fsp3) is 0.500. The Bertz CT molecular complexity index is 1840. The second-order valence-corrected chi connectivity index (χ2v) is 13.8. The van der Waals surface area contributed by atoms with Gasteiger partial charge >= 0.3 is 6.01 Å². The van der Waals surface area contributed by atoms with Crippen molar-refractivity contribution in [1.82, 2.24) is 30.1 Å². The first-order valence-corrected chi connectivity index (χ1v) is 16.4. The SMILES string of the molecule is Oc1cc(-c2ncc3c(N4CC5CCC(C4)N5CC4CN4)nc(OC[C@@]45CCCN4C[C@H](F)C5)nc3c2F)c2c(F)cccc2c1. The third kappa shape index (κ3) is 4.67. The molecule has 5 atom stereocenters. The predicted molar refractivity (Wildman–Crippen MR) is 168 cm³/mol. The van der Waals surface area contributed by atoms with Crippen molar-refractivity contribution in [2.75, 3.05) is 50.8 Å². The molecule has 5 saturated heterocycles. The number of pyridine rings is 1. The van der Waals surface area contributed by atoms with Gasteiger partial charge in [-0.15, -0.1) is 0 Å². The second-order valence-electron chi connectivity index (χ2n) is 13.8. The molecule has 0 amide bonds. The average molecular weight is 632 g/mol. The number of rotatable bonds is 7. The van der Waals surface area contributed by atoms with Gasteiger partial charge in [0.25, 0.3) is 0 Å². The highest BCUT2D eigenvalue weighted by molar-refractivity contribution is 6.00. The van der Waals surface area contributed by atoms with Crippen LogP contribution in [-0.4, -0.2) is 106 Å². The van der Waals surface area contributed by atoms with E-state index < -0.39 is 23.3 Å². The number of aromatic hydroxyl groups is 1. The molecule has 5 fully saturated rings. The van der Waals surface area contributed by atoms with E-state index in [0.29, 0.717) is 47.7 Å². The topological polar surface area (TPSA) is 99.8 Å². The maximum atomic E-state index is 16.8. The highest BCUT2D eigenvalue weighted by Gasteiger charge is 2.49. The van der Waals surface area contributed by atoms with Crippen molar-refractivity contribution in [2.45, 2.75) is 61.9 Å². The van der Waals surface area contributed by atoms with Gasteiger partial charge in [0.05, 0.1) is 10.9 Å². The van der Waals surface area contributed by atoms with Crippen LogP contribution >= 0.6 is 0 Å². The Morgan fingerprint density at radius 1 is 1.09 bits per heavy atom. The fourth-order valence-corrected chi connectivity index (χ4v) is 8.64. The van der Waals surface area contributed by atoms with Gasteiger partial charge in [-0.25, -0.2) is 13.2 Å². The maximum Gasteiger partial charge on any atom is 0.319 e. The molecular formula is C34H36F3N7O2. The lowest BCUT2D eigenvalue weighted by Crippen LogP contribution is -2.55. The molecule has 2 bridgehead atoms. The summed E-state index contributed by atoms with van der Waals surface area (Å²) in [6.45, 7) is 5.01. The van der Waals surface area contributed by atoms with Gasteiger partial charge in [-0.05, 0) is 55.8 Å². The summed E-state index contributed by atoms with van der Waals surface area (Å²) in [6.07, 6.45) is 5.03. The number of alkyl halides is 1. The molecule has 12 heteroatoms. The van der Waals surface area contributed by atoms with Crippen LogP contribution in [0.4, 0.5) is 19.0 Å². The minimum Gasteiger partial charge on any atom is -0.508 e. The number of hydrogen-bond acceptors (Lipinski definition) is 9. The third-order valence-electron chi connectivity index (χ3n) is 10.9. The first-order valence-electron chi connectivity index (χ1n) is 16.4. The van der Waals surface area contributed by atoms with Crippen molar-refractivity contribution in [3.8, 4) is 23.0 Å². The molecule has 9 rings (SSSR count). The van der Waals surface area contributed by atoms with Crippen LogP contribution in [-0.2, 0) is 0 Å². The minimum atomic E-state index is -0.904. The summed E-state index contributed by atoms with van der Waals surface area (Å²) < 4.78 is 52.7. The summed E-state index contributed by atoms with van der Waals surface area (Å²) in [7, 11) is 0. The molecule has 3 unspecified atom stereocenters. The number of fused-ring (bicyclic) bond motifs is 5. The molecule has 240 valence electrons. The van der Waals surface area contributed by atoms with Crippen molar-refractivity contribution in [2.24, 2.45) is 0 Å². The normalized spacial score (nSPS) is 29.2. The molecular weight excluding hydrogens is 595 g/mol. The number of nitrogens with zero attached hydrogens (tertiary/aromatic N) is 6. The van der Waals surface area contributed by atoms with Gasteiger partial charge in [-0.2, -0.15) is 9.97 Å². The zero-order valence-electron chi connectivity index (χ0n) is 25.4. The second kappa shape index (κ2) is 10.6. The Labute approximate surface area is 264 Å². The number of anilines is 1. The van der Waals surface area contributed by atoms with Crippen LogP contribution in [0, 0.1) is 11.6 Å². The number of hydrogen-bond donors (Lipinski definition) is 2. The monoisotopic (exact) mass is 631 g/mol. The molecule has 5 aliphatic heterocycles. The van der Waals surface area contributed by atoms with E-state index in [1.165, 1.54) is 18.2 Å². The van der Waals surface area contributed by atoms with Gasteiger partial charge < -0.3 is 20.1 Å². The lowest BCUT2D eigenvalue weighted by atomic mass is 9.95.